The lowest BCUT2D eigenvalue weighted by molar-refractivity contribution is 0.321. The zero-order chi connectivity index (χ0) is 13.9. The van der Waals surface area contributed by atoms with Gasteiger partial charge >= 0.3 is 0 Å². The molecule has 1 aromatic heterocycles. The van der Waals surface area contributed by atoms with Crippen molar-refractivity contribution < 1.29 is 4.52 Å². The third-order valence-electron chi connectivity index (χ3n) is 2.85. The number of aromatic nitrogens is 2. The number of aryl methyl sites for hydroxylation is 1. The molecule has 0 bridgehead atoms. The van der Waals surface area contributed by atoms with Crippen LogP contribution in [0.2, 0.25) is 0 Å². The van der Waals surface area contributed by atoms with Gasteiger partial charge in [0, 0.05) is 10.0 Å². The van der Waals surface area contributed by atoms with Crippen LogP contribution in [0.15, 0.2) is 33.3 Å². The third-order valence-corrected chi connectivity index (χ3v) is 3.38. The van der Waals surface area contributed by atoms with Crippen LogP contribution < -0.4 is 5.32 Å². The Bertz CT molecular complexity index is 534. The summed E-state index contributed by atoms with van der Waals surface area (Å²) in [6.07, 6.45) is 0.938. The molecule has 0 atom stereocenters. The van der Waals surface area contributed by atoms with Crippen molar-refractivity contribution in [2.45, 2.75) is 39.3 Å². The first kappa shape index (κ1) is 14.2. The number of hydrogen-bond donors (Lipinski definition) is 1. The zero-order valence-electron chi connectivity index (χ0n) is 11.4. The van der Waals surface area contributed by atoms with Gasteiger partial charge in [-0.3, -0.25) is 0 Å². The van der Waals surface area contributed by atoms with Crippen molar-refractivity contribution >= 4 is 15.9 Å². The standard InChI is InChI=1S/C14H18BrN3O/c1-10-17-13(19-18-10)9-16-14(2,3)8-11-4-6-12(15)7-5-11/h4-7,16H,8-9H2,1-3H3. The van der Waals surface area contributed by atoms with Crippen LogP contribution in [0.1, 0.15) is 31.1 Å². The maximum Gasteiger partial charge on any atom is 0.240 e. The molecule has 102 valence electrons. The molecule has 0 saturated heterocycles. The number of halogens is 1. The molecule has 0 spiro atoms. The second-order valence-electron chi connectivity index (χ2n) is 5.28. The van der Waals surface area contributed by atoms with Gasteiger partial charge in [0.05, 0.1) is 6.54 Å². The first-order valence-corrected chi connectivity index (χ1v) is 7.03. The number of nitrogens with zero attached hydrogens (tertiary/aromatic N) is 2. The van der Waals surface area contributed by atoms with E-state index in [0.717, 1.165) is 10.9 Å². The van der Waals surface area contributed by atoms with Crippen molar-refractivity contribution in [3.05, 3.63) is 46.0 Å². The molecule has 0 aliphatic carbocycles. The van der Waals surface area contributed by atoms with Crippen molar-refractivity contribution in [1.29, 1.82) is 0 Å². The molecular formula is C14H18BrN3O. The van der Waals surface area contributed by atoms with E-state index in [9.17, 15) is 0 Å². The molecule has 0 fully saturated rings. The Labute approximate surface area is 121 Å². The molecule has 2 aromatic rings. The summed E-state index contributed by atoms with van der Waals surface area (Å²) in [5.41, 5.74) is 1.26. The van der Waals surface area contributed by atoms with Gasteiger partial charge in [-0.15, -0.1) is 0 Å². The molecule has 1 aromatic carbocycles. The summed E-state index contributed by atoms with van der Waals surface area (Å²) < 4.78 is 6.20. The fourth-order valence-electron chi connectivity index (χ4n) is 1.90. The molecule has 1 heterocycles. The minimum absolute atomic E-state index is 0.0315. The lowest BCUT2D eigenvalue weighted by atomic mass is 9.95. The summed E-state index contributed by atoms with van der Waals surface area (Å²) in [5, 5.41) is 7.22. The molecule has 0 unspecified atom stereocenters. The van der Waals surface area contributed by atoms with E-state index in [1.807, 2.05) is 6.92 Å². The molecule has 0 amide bonds. The Morgan fingerprint density at radius 2 is 1.95 bits per heavy atom. The van der Waals surface area contributed by atoms with Crippen LogP contribution >= 0.6 is 15.9 Å². The molecule has 0 saturated carbocycles. The summed E-state index contributed by atoms with van der Waals surface area (Å²) in [6, 6.07) is 8.38. The number of nitrogens with one attached hydrogen (secondary N) is 1. The van der Waals surface area contributed by atoms with Crippen LogP contribution in [0.3, 0.4) is 0 Å². The maximum atomic E-state index is 5.10. The van der Waals surface area contributed by atoms with Crippen LogP contribution in [0.5, 0.6) is 0 Å². The van der Waals surface area contributed by atoms with Crippen molar-refractivity contribution in [1.82, 2.24) is 15.5 Å². The highest BCUT2D eigenvalue weighted by molar-refractivity contribution is 9.10. The summed E-state index contributed by atoms with van der Waals surface area (Å²) in [6.45, 7) is 6.74. The van der Waals surface area contributed by atoms with E-state index in [0.29, 0.717) is 18.3 Å². The van der Waals surface area contributed by atoms with E-state index >= 15 is 0 Å². The van der Waals surface area contributed by atoms with Gasteiger partial charge in [0.1, 0.15) is 0 Å². The lowest BCUT2D eigenvalue weighted by Crippen LogP contribution is -2.40. The van der Waals surface area contributed by atoms with Gasteiger partial charge in [-0.25, -0.2) is 0 Å². The monoisotopic (exact) mass is 323 g/mol. The van der Waals surface area contributed by atoms with Crippen molar-refractivity contribution in [2.24, 2.45) is 0 Å². The van der Waals surface area contributed by atoms with Gasteiger partial charge < -0.3 is 9.84 Å². The smallest absolute Gasteiger partial charge is 0.240 e. The highest BCUT2D eigenvalue weighted by atomic mass is 79.9. The summed E-state index contributed by atoms with van der Waals surface area (Å²) in [5.74, 6) is 1.30. The fraction of sp³-hybridized carbons (Fsp3) is 0.429. The summed E-state index contributed by atoms with van der Waals surface area (Å²) >= 11 is 3.45. The Kier molecular flexibility index (Phi) is 4.37. The van der Waals surface area contributed by atoms with E-state index in [-0.39, 0.29) is 5.54 Å². The van der Waals surface area contributed by atoms with Gasteiger partial charge in [-0.05, 0) is 44.9 Å². The van der Waals surface area contributed by atoms with Crippen LogP contribution in [0, 0.1) is 6.92 Å². The van der Waals surface area contributed by atoms with E-state index in [1.165, 1.54) is 5.56 Å². The lowest BCUT2D eigenvalue weighted by Gasteiger charge is -2.25. The van der Waals surface area contributed by atoms with Crippen molar-refractivity contribution in [3.63, 3.8) is 0 Å². The molecule has 5 heteroatoms. The Morgan fingerprint density at radius 3 is 2.53 bits per heavy atom. The zero-order valence-corrected chi connectivity index (χ0v) is 13.0. The predicted molar refractivity (Wildman–Crippen MR) is 77.8 cm³/mol. The molecule has 0 radical (unpaired) electrons. The average Bonchev–Trinajstić information content (AvgIpc) is 2.76. The molecule has 1 N–H and O–H groups in total. The number of rotatable bonds is 5. The Morgan fingerprint density at radius 1 is 1.26 bits per heavy atom. The molecule has 4 nitrogen and oxygen atoms in total. The largest absolute Gasteiger partial charge is 0.338 e. The van der Waals surface area contributed by atoms with E-state index in [1.54, 1.807) is 0 Å². The first-order valence-electron chi connectivity index (χ1n) is 6.23. The third kappa shape index (κ3) is 4.44. The Hall–Kier alpha value is -1.20. The van der Waals surface area contributed by atoms with Crippen LogP contribution in [0.25, 0.3) is 0 Å². The topological polar surface area (TPSA) is 51.0 Å². The van der Waals surface area contributed by atoms with Crippen LogP contribution in [-0.2, 0) is 13.0 Å². The fourth-order valence-corrected chi connectivity index (χ4v) is 2.17. The molecule has 2 rings (SSSR count). The van der Waals surface area contributed by atoms with E-state index in [4.69, 9.17) is 4.52 Å². The summed E-state index contributed by atoms with van der Waals surface area (Å²) in [7, 11) is 0. The van der Waals surface area contributed by atoms with Gasteiger partial charge in [0.15, 0.2) is 5.82 Å². The summed E-state index contributed by atoms with van der Waals surface area (Å²) in [4.78, 5) is 4.19. The van der Waals surface area contributed by atoms with Crippen molar-refractivity contribution in [2.75, 3.05) is 0 Å². The van der Waals surface area contributed by atoms with E-state index < -0.39 is 0 Å². The normalized spacial score (nSPS) is 11.8. The van der Waals surface area contributed by atoms with Crippen molar-refractivity contribution in [3.8, 4) is 0 Å². The van der Waals surface area contributed by atoms with E-state index in [2.05, 4.69) is 69.5 Å². The van der Waals surface area contributed by atoms with Gasteiger partial charge in [0.2, 0.25) is 5.89 Å². The minimum atomic E-state index is -0.0315. The Balaban J connectivity index is 1.92. The van der Waals surface area contributed by atoms with Crippen LogP contribution in [0.4, 0.5) is 0 Å². The molecular weight excluding hydrogens is 306 g/mol. The highest BCUT2D eigenvalue weighted by Crippen LogP contribution is 2.16. The number of hydrogen-bond acceptors (Lipinski definition) is 4. The number of benzene rings is 1. The molecule has 0 aliphatic heterocycles. The van der Waals surface area contributed by atoms with Gasteiger partial charge in [0.25, 0.3) is 0 Å². The molecule has 19 heavy (non-hydrogen) atoms. The highest BCUT2D eigenvalue weighted by Gasteiger charge is 2.18. The maximum absolute atomic E-state index is 5.10. The van der Waals surface area contributed by atoms with Gasteiger partial charge in [-0.2, -0.15) is 4.98 Å². The predicted octanol–water partition coefficient (Wildman–Crippen LogP) is 3.25. The van der Waals surface area contributed by atoms with Crippen LogP contribution in [-0.4, -0.2) is 15.7 Å². The quantitative estimate of drug-likeness (QED) is 0.917. The minimum Gasteiger partial charge on any atom is -0.338 e. The first-order chi connectivity index (χ1) is 8.94. The molecule has 0 aliphatic rings. The second-order valence-corrected chi connectivity index (χ2v) is 6.19. The second kappa shape index (κ2) is 5.84. The average molecular weight is 324 g/mol. The van der Waals surface area contributed by atoms with Gasteiger partial charge in [-0.1, -0.05) is 33.2 Å². The SMILES string of the molecule is Cc1noc(CNC(C)(C)Cc2ccc(Br)cc2)n1.